The molecule has 0 aromatic carbocycles. The lowest BCUT2D eigenvalue weighted by atomic mass is 10.5. The molecule has 0 amide bonds. The number of rotatable bonds is 3. The fourth-order valence-corrected chi connectivity index (χ4v) is 0.553. The summed E-state index contributed by atoms with van der Waals surface area (Å²) in [5.74, 6) is 0. The molecular weight excluding hydrogens is 110 g/mol. The Morgan fingerprint density at radius 2 is 2.43 bits per heavy atom. The van der Waals surface area contributed by atoms with Crippen LogP contribution in [-0.4, -0.2) is 12.4 Å². The summed E-state index contributed by atoms with van der Waals surface area (Å²) >= 11 is 0.609. The highest BCUT2D eigenvalue weighted by Crippen LogP contribution is 1.83. The predicted octanol–water partition coefficient (Wildman–Crippen LogP) is 0.370. The molecule has 0 radical (unpaired) electrons. The lowest BCUT2D eigenvalue weighted by Crippen LogP contribution is -2.22. The van der Waals surface area contributed by atoms with Crippen LogP contribution in [0.5, 0.6) is 0 Å². The van der Waals surface area contributed by atoms with E-state index in [1.54, 1.807) is 7.05 Å². The van der Waals surface area contributed by atoms with E-state index >= 15 is 0 Å². The minimum absolute atomic E-state index is 0.0972. The third-order valence-electron chi connectivity index (χ3n) is 0.809. The van der Waals surface area contributed by atoms with E-state index in [2.05, 4.69) is 5.32 Å². The molecule has 2 nitrogen and oxygen atoms in total. The molecular formula is C4H10NOS+. The Morgan fingerprint density at radius 1 is 1.86 bits per heavy atom. The van der Waals surface area contributed by atoms with Gasteiger partial charge in [0.25, 0.3) is 5.37 Å². The fourth-order valence-electron chi connectivity index (χ4n) is 0.320. The number of nitrogens with one attached hydrogen (secondary N) is 1. The molecule has 1 atom stereocenters. The first-order valence-electron chi connectivity index (χ1n) is 2.31. The standard InChI is InChI=1S/C4H10NOS/c1-3-4(5-2)7-6/h4-5H,3H2,1-2H3/q+1. The van der Waals surface area contributed by atoms with Crippen LogP contribution in [0.2, 0.25) is 0 Å². The van der Waals surface area contributed by atoms with Crippen LogP contribution in [0.15, 0.2) is 0 Å². The first-order valence-corrected chi connectivity index (χ1v) is 3.11. The van der Waals surface area contributed by atoms with Crippen molar-refractivity contribution >= 4 is 11.7 Å². The van der Waals surface area contributed by atoms with Gasteiger partial charge in [-0.3, -0.25) is 5.32 Å². The maximum atomic E-state index is 9.95. The highest BCUT2D eigenvalue weighted by Gasteiger charge is 2.13. The Balaban J connectivity index is 3.16. The SMILES string of the molecule is CCC(NC)[S+]=O. The molecule has 7 heavy (non-hydrogen) atoms. The van der Waals surface area contributed by atoms with Crippen LogP contribution in [0.3, 0.4) is 0 Å². The Hall–Kier alpha value is -0.0200. The van der Waals surface area contributed by atoms with Gasteiger partial charge in [0, 0.05) is 10.6 Å². The van der Waals surface area contributed by atoms with Gasteiger partial charge in [0.1, 0.15) is 0 Å². The fraction of sp³-hybridized carbons (Fsp3) is 1.00. The second-order valence-corrected chi connectivity index (χ2v) is 2.04. The molecule has 42 valence electrons. The highest BCUT2D eigenvalue weighted by atomic mass is 32.1. The van der Waals surface area contributed by atoms with Gasteiger partial charge in [0.05, 0.1) is 0 Å². The van der Waals surface area contributed by atoms with Crippen molar-refractivity contribution in [1.29, 1.82) is 0 Å². The molecule has 0 heterocycles. The van der Waals surface area contributed by atoms with Gasteiger partial charge in [0.2, 0.25) is 0 Å². The van der Waals surface area contributed by atoms with Gasteiger partial charge in [-0.05, 0) is 7.05 Å². The smallest absolute Gasteiger partial charge is 0.263 e. The highest BCUT2D eigenvalue weighted by molar-refractivity contribution is 7.66. The quantitative estimate of drug-likeness (QED) is 0.430. The first kappa shape index (κ1) is 6.98. The molecule has 1 N–H and O–H groups in total. The summed E-state index contributed by atoms with van der Waals surface area (Å²) in [4.78, 5) is 0. The summed E-state index contributed by atoms with van der Waals surface area (Å²) < 4.78 is 9.95. The number of hydrogen-bond acceptors (Lipinski definition) is 2. The monoisotopic (exact) mass is 120 g/mol. The largest absolute Gasteiger partial charge is 0.479 e. The topological polar surface area (TPSA) is 29.1 Å². The van der Waals surface area contributed by atoms with Gasteiger partial charge < -0.3 is 0 Å². The van der Waals surface area contributed by atoms with Crippen LogP contribution < -0.4 is 5.32 Å². The molecule has 3 heteroatoms. The van der Waals surface area contributed by atoms with Crippen molar-refractivity contribution in [3.8, 4) is 0 Å². The molecule has 0 saturated heterocycles. The van der Waals surface area contributed by atoms with Gasteiger partial charge in [-0.1, -0.05) is 6.92 Å². The average molecular weight is 120 g/mol. The maximum absolute atomic E-state index is 9.95. The second-order valence-electron chi connectivity index (χ2n) is 1.28. The van der Waals surface area contributed by atoms with E-state index in [4.69, 9.17) is 0 Å². The lowest BCUT2D eigenvalue weighted by molar-refractivity contribution is 0.585. The Kier molecular flexibility index (Phi) is 4.14. The Morgan fingerprint density at radius 3 is 2.43 bits per heavy atom. The molecule has 1 unspecified atom stereocenters. The van der Waals surface area contributed by atoms with Gasteiger partial charge >= 0.3 is 11.7 Å². The Labute approximate surface area is 47.8 Å². The zero-order valence-corrected chi connectivity index (χ0v) is 5.42. The van der Waals surface area contributed by atoms with E-state index in [1.165, 1.54) is 0 Å². The van der Waals surface area contributed by atoms with E-state index in [1.807, 2.05) is 6.92 Å². The van der Waals surface area contributed by atoms with E-state index in [0.717, 1.165) is 6.42 Å². The zero-order chi connectivity index (χ0) is 5.70. The molecule has 0 fully saturated rings. The van der Waals surface area contributed by atoms with Crippen molar-refractivity contribution < 1.29 is 4.21 Å². The third-order valence-corrected chi connectivity index (χ3v) is 1.61. The first-order chi connectivity index (χ1) is 3.35. The van der Waals surface area contributed by atoms with Crippen molar-refractivity contribution in [3.63, 3.8) is 0 Å². The summed E-state index contributed by atoms with van der Waals surface area (Å²) in [6.45, 7) is 1.98. The molecule has 0 aliphatic carbocycles. The average Bonchev–Trinajstić information content (AvgIpc) is 1.72. The van der Waals surface area contributed by atoms with Crippen molar-refractivity contribution in [2.24, 2.45) is 0 Å². The van der Waals surface area contributed by atoms with Crippen LogP contribution in [0, 0.1) is 0 Å². The molecule has 0 aromatic heterocycles. The van der Waals surface area contributed by atoms with E-state index < -0.39 is 0 Å². The summed E-state index contributed by atoms with van der Waals surface area (Å²) in [7, 11) is 1.79. The van der Waals surface area contributed by atoms with E-state index in [0.29, 0.717) is 11.7 Å². The molecule has 0 aliphatic rings. The Bertz CT molecular complexity index is 53.7. The van der Waals surface area contributed by atoms with Gasteiger partial charge in [-0.2, -0.15) is 0 Å². The normalized spacial score (nSPS) is 13.4. The molecule has 0 aromatic rings. The van der Waals surface area contributed by atoms with Gasteiger partial charge in [0.15, 0.2) is 0 Å². The van der Waals surface area contributed by atoms with Crippen molar-refractivity contribution in [3.05, 3.63) is 0 Å². The zero-order valence-electron chi connectivity index (χ0n) is 4.60. The minimum Gasteiger partial charge on any atom is -0.263 e. The molecule has 0 aliphatic heterocycles. The van der Waals surface area contributed by atoms with Crippen molar-refractivity contribution in [2.75, 3.05) is 7.05 Å². The van der Waals surface area contributed by atoms with Crippen LogP contribution >= 0.6 is 0 Å². The molecule has 0 rings (SSSR count). The summed E-state index contributed by atoms with van der Waals surface area (Å²) in [5.41, 5.74) is 0. The predicted molar refractivity (Wildman–Crippen MR) is 31.2 cm³/mol. The van der Waals surface area contributed by atoms with Crippen LogP contribution in [0.1, 0.15) is 13.3 Å². The van der Waals surface area contributed by atoms with Gasteiger partial charge in [-0.15, -0.1) is 0 Å². The molecule has 0 saturated carbocycles. The van der Waals surface area contributed by atoms with Crippen molar-refractivity contribution in [2.45, 2.75) is 18.7 Å². The summed E-state index contributed by atoms with van der Waals surface area (Å²) in [6, 6.07) is 0. The lowest BCUT2D eigenvalue weighted by Gasteiger charge is -1.87. The molecule has 0 bridgehead atoms. The van der Waals surface area contributed by atoms with E-state index in [-0.39, 0.29) is 5.37 Å². The maximum Gasteiger partial charge on any atom is 0.479 e. The van der Waals surface area contributed by atoms with Crippen LogP contribution in [-0.2, 0) is 15.9 Å². The van der Waals surface area contributed by atoms with Crippen molar-refractivity contribution in [1.82, 2.24) is 5.32 Å². The second kappa shape index (κ2) is 4.15. The van der Waals surface area contributed by atoms with Crippen LogP contribution in [0.4, 0.5) is 0 Å². The minimum atomic E-state index is 0.0972. The van der Waals surface area contributed by atoms with E-state index in [9.17, 15) is 4.21 Å². The summed E-state index contributed by atoms with van der Waals surface area (Å²) in [5, 5.41) is 2.95. The molecule has 0 spiro atoms. The summed E-state index contributed by atoms with van der Waals surface area (Å²) in [6.07, 6.45) is 0.894. The number of hydrogen-bond donors (Lipinski definition) is 1. The van der Waals surface area contributed by atoms with Gasteiger partial charge in [-0.25, -0.2) is 0 Å². The third kappa shape index (κ3) is 2.65. The van der Waals surface area contributed by atoms with Crippen LogP contribution in [0.25, 0.3) is 0 Å².